The number of carbonyl (C=O) groups excluding carboxylic acids is 5. The van der Waals surface area contributed by atoms with Gasteiger partial charge in [0.25, 0.3) is 17.7 Å². The van der Waals surface area contributed by atoms with Crippen molar-refractivity contribution in [3.05, 3.63) is 47.5 Å². The van der Waals surface area contributed by atoms with E-state index in [-0.39, 0.29) is 25.4 Å². The lowest BCUT2D eigenvalue weighted by Crippen LogP contribution is -2.44. The summed E-state index contributed by atoms with van der Waals surface area (Å²) in [6.07, 6.45) is 0.0955. The van der Waals surface area contributed by atoms with E-state index in [2.05, 4.69) is 5.32 Å². The Kier molecular flexibility index (Phi) is 6.64. The number of carbonyl (C=O) groups is 5. The van der Waals surface area contributed by atoms with Gasteiger partial charge in [0.1, 0.15) is 0 Å². The maximum atomic E-state index is 12.8. The Labute approximate surface area is 178 Å². The molecule has 0 unspecified atom stereocenters. The van der Waals surface area contributed by atoms with Crippen LogP contribution in [0.3, 0.4) is 0 Å². The van der Waals surface area contributed by atoms with Crippen molar-refractivity contribution >= 4 is 40.5 Å². The van der Waals surface area contributed by atoms with Crippen LogP contribution in [0, 0.1) is 0 Å². The maximum absolute atomic E-state index is 12.8. The molecule has 1 aliphatic heterocycles. The molecule has 9 heteroatoms. The van der Waals surface area contributed by atoms with Gasteiger partial charge in [-0.2, -0.15) is 0 Å². The van der Waals surface area contributed by atoms with Gasteiger partial charge < -0.3 is 10.1 Å². The average Bonchev–Trinajstić information content (AvgIpc) is 2.72. The van der Waals surface area contributed by atoms with Crippen LogP contribution in [0.4, 0.5) is 4.79 Å². The second-order valence-corrected chi connectivity index (χ2v) is 7.41. The van der Waals surface area contributed by atoms with Gasteiger partial charge in [-0.1, -0.05) is 24.3 Å². The predicted octanol–water partition coefficient (Wildman–Crippen LogP) is 1.99. The van der Waals surface area contributed by atoms with Crippen LogP contribution in [-0.2, 0) is 14.3 Å². The fraction of sp³-hybridized carbons (Fsp3) is 0.318. The lowest BCUT2D eigenvalue weighted by atomic mass is 9.94. The van der Waals surface area contributed by atoms with E-state index in [0.717, 1.165) is 10.3 Å². The standard InChI is InChI=1S/C22H23N3O6/c1-13(2)23-22(30)24-17(26)12-31-18(27)10-5-11-25-20(28)15-8-3-6-14-7-4-9-16(19(14)15)21(25)29/h3-4,6-9,13H,5,10-12H2,1-2H3,(H2,23,24,26,30). The summed E-state index contributed by atoms with van der Waals surface area (Å²) in [5.41, 5.74) is 0.901. The quantitative estimate of drug-likeness (QED) is 0.517. The first kappa shape index (κ1) is 21.9. The highest BCUT2D eigenvalue weighted by Gasteiger charge is 2.32. The van der Waals surface area contributed by atoms with Crippen LogP contribution in [0.5, 0.6) is 0 Å². The number of imide groups is 2. The lowest BCUT2D eigenvalue weighted by Gasteiger charge is -2.27. The molecule has 0 aromatic heterocycles. The third-order valence-corrected chi connectivity index (χ3v) is 4.66. The smallest absolute Gasteiger partial charge is 0.321 e. The second kappa shape index (κ2) is 9.38. The van der Waals surface area contributed by atoms with Crippen molar-refractivity contribution in [3.63, 3.8) is 0 Å². The molecule has 2 aromatic rings. The first-order chi connectivity index (χ1) is 14.8. The molecule has 1 aliphatic rings. The molecule has 0 bridgehead atoms. The van der Waals surface area contributed by atoms with E-state index >= 15 is 0 Å². The molecule has 0 fully saturated rings. The minimum Gasteiger partial charge on any atom is -0.456 e. The van der Waals surface area contributed by atoms with E-state index in [1.54, 1.807) is 38.1 Å². The Morgan fingerprint density at radius 2 is 1.61 bits per heavy atom. The Hall–Kier alpha value is -3.75. The van der Waals surface area contributed by atoms with Gasteiger partial charge in [-0.3, -0.25) is 29.4 Å². The van der Waals surface area contributed by atoms with Crippen LogP contribution in [-0.4, -0.2) is 53.8 Å². The van der Waals surface area contributed by atoms with Gasteiger partial charge in [0.15, 0.2) is 6.61 Å². The summed E-state index contributed by atoms with van der Waals surface area (Å²) >= 11 is 0. The number of rotatable bonds is 7. The zero-order valence-electron chi connectivity index (χ0n) is 17.3. The van der Waals surface area contributed by atoms with Crippen molar-refractivity contribution in [1.82, 2.24) is 15.5 Å². The van der Waals surface area contributed by atoms with Crippen LogP contribution < -0.4 is 10.6 Å². The zero-order valence-corrected chi connectivity index (χ0v) is 17.3. The largest absolute Gasteiger partial charge is 0.456 e. The zero-order chi connectivity index (χ0) is 22.5. The maximum Gasteiger partial charge on any atom is 0.321 e. The summed E-state index contributed by atoms with van der Waals surface area (Å²) in [5.74, 6) is -2.23. The first-order valence-electron chi connectivity index (χ1n) is 9.92. The van der Waals surface area contributed by atoms with Crippen molar-refractivity contribution in [2.45, 2.75) is 32.7 Å². The van der Waals surface area contributed by atoms with Crippen molar-refractivity contribution in [2.24, 2.45) is 0 Å². The highest BCUT2D eigenvalue weighted by molar-refractivity contribution is 6.25. The van der Waals surface area contributed by atoms with Crippen LogP contribution in [0.1, 0.15) is 47.4 Å². The molecule has 0 saturated carbocycles. The van der Waals surface area contributed by atoms with Crippen molar-refractivity contribution in [1.29, 1.82) is 0 Å². The number of nitrogens with zero attached hydrogens (tertiary/aromatic N) is 1. The fourth-order valence-corrected chi connectivity index (χ4v) is 3.34. The number of urea groups is 1. The van der Waals surface area contributed by atoms with Gasteiger partial charge in [-0.15, -0.1) is 0 Å². The summed E-state index contributed by atoms with van der Waals surface area (Å²) in [6.45, 7) is 2.92. The van der Waals surface area contributed by atoms with E-state index < -0.39 is 36.3 Å². The molecule has 0 radical (unpaired) electrons. The van der Waals surface area contributed by atoms with Gasteiger partial charge >= 0.3 is 12.0 Å². The fourth-order valence-electron chi connectivity index (χ4n) is 3.34. The number of benzene rings is 2. The number of amides is 5. The minimum absolute atomic E-state index is 0.0421. The second-order valence-electron chi connectivity index (χ2n) is 7.41. The Bertz CT molecular complexity index is 1010. The van der Waals surface area contributed by atoms with Crippen LogP contribution in [0.2, 0.25) is 0 Å². The summed E-state index contributed by atoms with van der Waals surface area (Å²) in [5, 5.41) is 5.98. The molecule has 162 valence electrons. The van der Waals surface area contributed by atoms with Crippen LogP contribution in [0.25, 0.3) is 10.8 Å². The third-order valence-electron chi connectivity index (χ3n) is 4.66. The summed E-state index contributed by atoms with van der Waals surface area (Å²) in [7, 11) is 0. The Morgan fingerprint density at radius 3 is 2.19 bits per heavy atom. The molecule has 5 amide bonds. The molecule has 31 heavy (non-hydrogen) atoms. The van der Waals surface area contributed by atoms with Crippen molar-refractivity contribution < 1.29 is 28.7 Å². The number of esters is 1. The molecule has 0 saturated heterocycles. The molecule has 0 aliphatic carbocycles. The first-order valence-corrected chi connectivity index (χ1v) is 9.92. The number of ether oxygens (including phenoxy) is 1. The van der Waals surface area contributed by atoms with E-state index in [9.17, 15) is 24.0 Å². The number of nitrogens with one attached hydrogen (secondary N) is 2. The molecule has 3 rings (SSSR count). The Morgan fingerprint density at radius 1 is 1.00 bits per heavy atom. The summed E-state index contributed by atoms with van der Waals surface area (Å²) in [4.78, 5) is 61.6. The predicted molar refractivity (Wildman–Crippen MR) is 111 cm³/mol. The van der Waals surface area contributed by atoms with Gasteiger partial charge in [0.2, 0.25) is 0 Å². The van der Waals surface area contributed by atoms with E-state index in [4.69, 9.17) is 4.74 Å². The molecule has 2 N–H and O–H groups in total. The Balaban J connectivity index is 1.50. The van der Waals surface area contributed by atoms with E-state index in [1.807, 2.05) is 17.4 Å². The van der Waals surface area contributed by atoms with Gasteiger partial charge in [0.05, 0.1) is 0 Å². The molecular formula is C22H23N3O6. The van der Waals surface area contributed by atoms with Gasteiger partial charge in [-0.25, -0.2) is 4.79 Å². The van der Waals surface area contributed by atoms with Gasteiger partial charge in [-0.05, 0) is 37.8 Å². The highest BCUT2D eigenvalue weighted by atomic mass is 16.5. The van der Waals surface area contributed by atoms with E-state index in [0.29, 0.717) is 16.5 Å². The highest BCUT2D eigenvalue weighted by Crippen LogP contribution is 2.30. The average molecular weight is 425 g/mol. The molecular weight excluding hydrogens is 402 g/mol. The lowest BCUT2D eigenvalue weighted by molar-refractivity contribution is -0.148. The van der Waals surface area contributed by atoms with Crippen molar-refractivity contribution in [3.8, 4) is 0 Å². The van der Waals surface area contributed by atoms with Crippen molar-refractivity contribution in [2.75, 3.05) is 13.2 Å². The molecule has 9 nitrogen and oxygen atoms in total. The monoisotopic (exact) mass is 425 g/mol. The summed E-state index contributed by atoms with van der Waals surface area (Å²) < 4.78 is 4.84. The molecule has 0 atom stereocenters. The van der Waals surface area contributed by atoms with Crippen LogP contribution >= 0.6 is 0 Å². The van der Waals surface area contributed by atoms with E-state index in [1.165, 1.54) is 0 Å². The normalized spacial score (nSPS) is 12.8. The molecule has 2 aromatic carbocycles. The van der Waals surface area contributed by atoms with Gasteiger partial charge in [0, 0.05) is 35.5 Å². The molecule has 1 heterocycles. The third kappa shape index (κ3) is 5.06. The minimum atomic E-state index is -0.752. The summed E-state index contributed by atoms with van der Waals surface area (Å²) in [6, 6.07) is 9.75. The van der Waals surface area contributed by atoms with Crippen LogP contribution in [0.15, 0.2) is 36.4 Å². The number of hydrogen-bond acceptors (Lipinski definition) is 6. The number of hydrogen-bond donors (Lipinski definition) is 2. The topological polar surface area (TPSA) is 122 Å². The SMILES string of the molecule is CC(C)NC(=O)NC(=O)COC(=O)CCCN1C(=O)c2cccc3cccc(c23)C1=O. The molecule has 0 spiro atoms.